The van der Waals surface area contributed by atoms with E-state index in [1.165, 1.54) is 0 Å². The molecule has 0 radical (unpaired) electrons. The Hall–Kier alpha value is -1.07. The van der Waals surface area contributed by atoms with E-state index in [1.54, 1.807) is 0 Å². The van der Waals surface area contributed by atoms with Crippen molar-refractivity contribution in [3.63, 3.8) is 0 Å². The predicted octanol–water partition coefficient (Wildman–Crippen LogP) is 1.55. The van der Waals surface area contributed by atoms with Crippen LogP contribution in [0.5, 0.6) is 0 Å². The van der Waals surface area contributed by atoms with Gasteiger partial charge in [-0.15, -0.1) is 0 Å². The van der Waals surface area contributed by atoms with Crippen molar-refractivity contribution in [1.82, 2.24) is 14.9 Å². The summed E-state index contributed by atoms with van der Waals surface area (Å²) < 4.78 is 0. The molecule has 1 saturated heterocycles. The normalized spacial score (nSPS) is 25.5. The number of hydrogen-bond donors (Lipinski definition) is 1. The molecule has 0 saturated carbocycles. The molecule has 1 aliphatic rings. The topological polar surface area (TPSA) is 58.3 Å². The van der Waals surface area contributed by atoms with Crippen LogP contribution in [0.3, 0.4) is 0 Å². The molecule has 2 heterocycles. The molecule has 100 valence electrons. The van der Waals surface area contributed by atoms with E-state index in [4.69, 9.17) is 17.3 Å². The van der Waals surface area contributed by atoms with E-state index in [0.29, 0.717) is 17.8 Å². The van der Waals surface area contributed by atoms with Gasteiger partial charge in [0, 0.05) is 25.2 Å². The third-order valence-electron chi connectivity index (χ3n) is 3.75. The molecule has 1 fully saturated rings. The zero-order chi connectivity index (χ0) is 13.4. The average Bonchev–Trinajstić information content (AvgIpc) is 2.30. The molecule has 0 aliphatic carbocycles. The first-order valence-corrected chi connectivity index (χ1v) is 6.54. The lowest BCUT2D eigenvalue weighted by atomic mass is 10.1. The first kappa shape index (κ1) is 13.4. The van der Waals surface area contributed by atoms with Crippen LogP contribution < -0.4 is 10.6 Å². The zero-order valence-corrected chi connectivity index (χ0v) is 12.1. The van der Waals surface area contributed by atoms with Crippen molar-refractivity contribution in [2.75, 3.05) is 30.8 Å². The lowest BCUT2D eigenvalue weighted by Crippen LogP contribution is -2.55. The molecule has 6 heteroatoms. The Labute approximate surface area is 113 Å². The van der Waals surface area contributed by atoms with Crippen molar-refractivity contribution >= 4 is 23.1 Å². The maximum Gasteiger partial charge on any atom is 0.224 e. The van der Waals surface area contributed by atoms with E-state index in [2.05, 4.69) is 40.7 Å². The minimum absolute atomic E-state index is 0.260. The van der Waals surface area contributed by atoms with Crippen LogP contribution in [0.2, 0.25) is 5.28 Å². The SMILES string of the molecule is Cc1nc(Cl)nc(N2CC(C)N(C)C(C)C2)c1N. The molecular formula is C12H20ClN5. The summed E-state index contributed by atoms with van der Waals surface area (Å²) >= 11 is 5.93. The molecule has 1 aromatic rings. The number of likely N-dealkylation sites (N-methyl/N-ethyl adjacent to an activating group) is 1. The number of anilines is 2. The first-order valence-electron chi connectivity index (χ1n) is 6.16. The number of rotatable bonds is 1. The molecule has 2 rings (SSSR count). The van der Waals surface area contributed by atoms with Crippen molar-refractivity contribution in [3.8, 4) is 0 Å². The maximum atomic E-state index is 6.07. The van der Waals surface area contributed by atoms with Crippen LogP contribution in [0.15, 0.2) is 0 Å². The van der Waals surface area contributed by atoms with Crippen LogP contribution in [0.4, 0.5) is 11.5 Å². The van der Waals surface area contributed by atoms with Gasteiger partial charge in [-0.3, -0.25) is 4.90 Å². The molecule has 2 atom stereocenters. The van der Waals surface area contributed by atoms with E-state index in [0.717, 1.165) is 24.6 Å². The molecule has 0 spiro atoms. The highest BCUT2D eigenvalue weighted by atomic mass is 35.5. The molecule has 1 aliphatic heterocycles. The van der Waals surface area contributed by atoms with E-state index < -0.39 is 0 Å². The molecule has 1 aromatic heterocycles. The van der Waals surface area contributed by atoms with Crippen LogP contribution in [-0.4, -0.2) is 47.1 Å². The van der Waals surface area contributed by atoms with E-state index in [1.807, 2.05) is 6.92 Å². The summed E-state index contributed by atoms with van der Waals surface area (Å²) in [6.45, 7) is 8.06. The van der Waals surface area contributed by atoms with Crippen molar-refractivity contribution in [3.05, 3.63) is 11.0 Å². The van der Waals surface area contributed by atoms with Gasteiger partial charge in [-0.2, -0.15) is 4.98 Å². The second-order valence-corrected chi connectivity index (χ2v) is 5.42. The Balaban J connectivity index is 2.32. The molecule has 0 amide bonds. The van der Waals surface area contributed by atoms with E-state index in [9.17, 15) is 0 Å². The highest BCUT2D eigenvalue weighted by Crippen LogP contribution is 2.27. The number of nitrogen functional groups attached to an aromatic ring is 1. The Morgan fingerprint density at radius 1 is 1.22 bits per heavy atom. The van der Waals surface area contributed by atoms with Crippen LogP contribution in [0, 0.1) is 6.92 Å². The quantitative estimate of drug-likeness (QED) is 0.784. The number of nitrogens with zero attached hydrogens (tertiary/aromatic N) is 4. The van der Waals surface area contributed by atoms with Gasteiger partial charge >= 0.3 is 0 Å². The van der Waals surface area contributed by atoms with Gasteiger partial charge in [0.05, 0.1) is 11.4 Å². The number of halogens is 1. The van der Waals surface area contributed by atoms with Gasteiger partial charge in [-0.05, 0) is 39.4 Å². The molecular weight excluding hydrogens is 250 g/mol. The minimum atomic E-state index is 0.260. The molecule has 0 aromatic carbocycles. The maximum absolute atomic E-state index is 6.07. The van der Waals surface area contributed by atoms with E-state index >= 15 is 0 Å². The van der Waals surface area contributed by atoms with Crippen molar-refractivity contribution in [1.29, 1.82) is 0 Å². The Bertz CT molecular complexity index is 438. The first-order chi connectivity index (χ1) is 8.40. The summed E-state index contributed by atoms with van der Waals surface area (Å²) in [6.07, 6.45) is 0. The summed E-state index contributed by atoms with van der Waals surface area (Å²) in [5.74, 6) is 0.763. The Morgan fingerprint density at radius 2 is 1.78 bits per heavy atom. The fourth-order valence-electron chi connectivity index (χ4n) is 2.35. The van der Waals surface area contributed by atoms with E-state index in [-0.39, 0.29) is 5.28 Å². The third-order valence-corrected chi connectivity index (χ3v) is 3.92. The van der Waals surface area contributed by atoms with Crippen molar-refractivity contribution in [2.45, 2.75) is 32.9 Å². The third kappa shape index (κ3) is 2.37. The summed E-state index contributed by atoms with van der Waals surface area (Å²) in [7, 11) is 2.15. The Kier molecular flexibility index (Phi) is 3.64. The fourth-order valence-corrected chi connectivity index (χ4v) is 2.56. The second-order valence-electron chi connectivity index (χ2n) is 5.08. The fraction of sp³-hybridized carbons (Fsp3) is 0.667. The Morgan fingerprint density at radius 3 is 2.33 bits per heavy atom. The van der Waals surface area contributed by atoms with Crippen molar-refractivity contribution in [2.24, 2.45) is 0 Å². The largest absolute Gasteiger partial charge is 0.394 e. The van der Waals surface area contributed by atoms with Crippen LogP contribution >= 0.6 is 11.6 Å². The average molecular weight is 270 g/mol. The summed E-state index contributed by atoms with van der Waals surface area (Å²) in [4.78, 5) is 12.9. The molecule has 0 bridgehead atoms. The predicted molar refractivity (Wildman–Crippen MR) is 75.1 cm³/mol. The highest BCUT2D eigenvalue weighted by molar-refractivity contribution is 6.28. The molecule has 2 N–H and O–H groups in total. The van der Waals surface area contributed by atoms with Crippen LogP contribution in [-0.2, 0) is 0 Å². The molecule has 5 nitrogen and oxygen atoms in total. The lowest BCUT2D eigenvalue weighted by Gasteiger charge is -2.43. The summed E-state index contributed by atoms with van der Waals surface area (Å²) in [5.41, 5.74) is 7.44. The zero-order valence-electron chi connectivity index (χ0n) is 11.3. The minimum Gasteiger partial charge on any atom is -0.394 e. The van der Waals surface area contributed by atoms with Gasteiger partial charge in [0.1, 0.15) is 0 Å². The second kappa shape index (κ2) is 4.90. The number of hydrogen-bond acceptors (Lipinski definition) is 5. The van der Waals surface area contributed by atoms with Gasteiger partial charge in [0.15, 0.2) is 5.82 Å². The van der Waals surface area contributed by atoms with Gasteiger partial charge in [0.25, 0.3) is 0 Å². The lowest BCUT2D eigenvalue weighted by molar-refractivity contribution is 0.169. The van der Waals surface area contributed by atoms with Gasteiger partial charge in [-0.1, -0.05) is 0 Å². The standard InChI is InChI=1S/C12H20ClN5/c1-7-5-18(6-8(2)17(7)4)11-10(14)9(3)15-12(13)16-11/h7-8H,5-6,14H2,1-4H3. The summed E-state index contributed by atoms with van der Waals surface area (Å²) in [5, 5.41) is 0.260. The van der Waals surface area contributed by atoms with Crippen LogP contribution in [0.25, 0.3) is 0 Å². The smallest absolute Gasteiger partial charge is 0.224 e. The van der Waals surface area contributed by atoms with Crippen molar-refractivity contribution < 1.29 is 0 Å². The molecule has 2 unspecified atom stereocenters. The van der Waals surface area contributed by atoms with Gasteiger partial charge < -0.3 is 10.6 Å². The highest BCUT2D eigenvalue weighted by Gasteiger charge is 2.28. The summed E-state index contributed by atoms with van der Waals surface area (Å²) in [6, 6.07) is 0.921. The van der Waals surface area contributed by atoms with Gasteiger partial charge in [0.2, 0.25) is 5.28 Å². The monoisotopic (exact) mass is 269 g/mol. The van der Waals surface area contributed by atoms with Gasteiger partial charge in [-0.25, -0.2) is 4.98 Å². The number of aromatic nitrogens is 2. The number of aryl methyl sites for hydroxylation is 1. The van der Waals surface area contributed by atoms with Crippen LogP contribution in [0.1, 0.15) is 19.5 Å². The molecule has 18 heavy (non-hydrogen) atoms. The number of nitrogens with two attached hydrogens (primary N) is 1. The number of piperazine rings is 1.